The van der Waals surface area contributed by atoms with E-state index in [1.165, 1.54) is 16.7 Å². The Morgan fingerprint density at radius 3 is 2.65 bits per heavy atom. The largest absolute Gasteiger partial charge is 0.393 e. The summed E-state index contributed by atoms with van der Waals surface area (Å²) in [5, 5.41) is 14.0. The molecule has 40 heavy (non-hydrogen) atoms. The average Bonchev–Trinajstić information content (AvgIpc) is 3.26. The lowest BCUT2D eigenvalue weighted by molar-refractivity contribution is -0.302. The van der Waals surface area contributed by atoms with Gasteiger partial charge in [0, 0.05) is 29.7 Å². The first kappa shape index (κ1) is 27.8. The van der Waals surface area contributed by atoms with Crippen LogP contribution in [-0.4, -0.2) is 50.0 Å². The molecule has 1 heterocycles. The summed E-state index contributed by atoms with van der Waals surface area (Å²) in [6.45, 7) is 8.98. The summed E-state index contributed by atoms with van der Waals surface area (Å²) in [6, 6.07) is 8.68. The Labute approximate surface area is 238 Å². The zero-order valence-corrected chi connectivity index (χ0v) is 24.2. The number of nitrogens with zero attached hydrogens (tertiary/aromatic N) is 1. The van der Waals surface area contributed by atoms with E-state index < -0.39 is 5.79 Å². The lowest BCUT2D eigenvalue weighted by Crippen LogP contribution is -2.50. The van der Waals surface area contributed by atoms with Crippen molar-refractivity contribution in [2.75, 3.05) is 33.0 Å². The van der Waals surface area contributed by atoms with Crippen molar-refractivity contribution < 1.29 is 19.3 Å². The van der Waals surface area contributed by atoms with Crippen molar-refractivity contribution in [3.63, 3.8) is 0 Å². The van der Waals surface area contributed by atoms with E-state index in [0.29, 0.717) is 24.4 Å². The van der Waals surface area contributed by atoms with Crippen molar-refractivity contribution in [2.24, 2.45) is 27.8 Å². The Bertz CT molecular complexity index is 1240. The number of hydrogen-bond acceptors (Lipinski definition) is 6. The van der Waals surface area contributed by atoms with Gasteiger partial charge in [0.15, 0.2) is 5.79 Å². The lowest BCUT2D eigenvalue weighted by Gasteiger charge is -2.53. The second kappa shape index (κ2) is 10.8. The number of aliphatic hydroxyl groups excluding tert-OH is 1. The third-order valence-corrected chi connectivity index (χ3v) is 10.3. The molecular formula is C34H43NO5. The zero-order valence-electron chi connectivity index (χ0n) is 24.2. The summed E-state index contributed by atoms with van der Waals surface area (Å²) < 4.78 is 18.2. The van der Waals surface area contributed by atoms with Crippen LogP contribution >= 0.6 is 0 Å². The molecule has 5 atom stereocenters. The van der Waals surface area contributed by atoms with Crippen LogP contribution in [0, 0.1) is 39.4 Å². The van der Waals surface area contributed by atoms with Crippen molar-refractivity contribution in [3.8, 4) is 11.8 Å². The third kappa shape index (κ3) is 5.11. The highest BCUT2D eigenvalue weighted by Gasteiger charge is 2.56. The number of rotatable bonds is 5. The van der Waals surface area contributed by atoms with Gasteiger partial charge < -0.3 is 19.3 Å². The van der Waals surface area contributed by atoms with Gasteiger partial charge in [0.25, 0.3) is 0 Å². The average molecular weight is 546 g/mol. The maximum atomic E-state index is 11.2. The molecule has 214 valence electrons. The van der Waals surface area contributed by atoms with Gasteiger partial charge in [-0.15, -0.1) is 0 Å². The van der Waals surface area contributed by atoms with E-state index in [4.69, 9.17) is 14.2 Å². The van der Waals surface area contributed by atoms with E-state index in [1.54, 1.807) is 5.57 Å². The molecule has 1 N–H and O–H groups in total. The molecule has 0 aromatic heterocycles. The summed E-state index contributed by atoms with van der Waals surface area (Å²) in [4.78, 5) is 10.2. The molecule has 1 aliphatic heterocycles. The molecule has 0 bridgehead atoms. The predicted molar refractivity (Wildman–Crippen MR) is 154 cm³/mol. The highest BCUT2D eigenvalue weighted by atomic mass is 16.7. The van der Waals surface area contributed by atoms with Crippen LogP contribution in [0.3, 0.4) is 0 Å². The maximum absolute atomic E-state index is 11.2. The van der Waals surface area contributed by atoms with Crippen LogP contribution < -0.4 is 0 Å². The van der Waals surface area contributed by atoms with Crippen molar-refractivity contribution in [1.29, 1.82) is 0 Å². The van der Waals surface area contributed by atoms with Crippen LogP contribution in [0.5, 0.6) is 0 Å². The van der Waals surface area contributed by atoms with Crippen LogP contribution in [0.2, 0.25) is 0 Å². The fourth-order valence-corrected chi connectivity index (χ4v) is 8.14. The Balaban J connectivity index is 1.28. The summed E-state index contributed by atoms with van der Waals surface area (Å²) in [6.07, 6.45) is 9.02. The third-order valence-electron chi connectivity index (χ3n) is 10.3. The van der Waals surface area contributed by atoms with Gasteiger partial charge in [0.2, 0.25) is 0 Å². The van der Waals surface area contributed by atoms with Crippen LogP contribution in [0.15, 0.2) is 52.2 Å². The first-order valence-corrected chi connectivity index (χ1v) is 15.1. The maximum Gasteiger partial charge on any atom is 0.172 e. The molecule has 4 fully saturated rings. The predicted octanol–water partition coefficient (Wildman–Crippen LogP) is 6.28. The molecule has 6 nitrogen and oxygen atoms in total. The van der Waals surface area contributed by atoms with Gasteiger partial charge in [0.1, 0.15) is 13.2 Å². The van der Waals surface area contributed by atoms with Gasteiger partial charge in [-0.1, -0.05) is 61.6 Å². The van der Waals surface area contributed by atoms with Crippen LogP contribution in [-0.2, 0) is 14.2 Å². The van der Waals surface area contributed by atoms with E-state index >= 15 is 0 Å². The SMILES string of the molecule is CC1(C)COC2(CCC3=C4C(c5ccc(C#CCOCCN=O)cc5)CC5(C)C(O)CCC5C4CC=C3C2)OC1. The summed E-state index contributed by atoms with van der Waals surface area (Å²) in [7, 11) is 0. The van der Waals surface area contributed by atoms with Gasteiger partial charge in [-0.3, -0.25) is 0 Å². The molecule has 0 radical (unpaired) electrons. The zero-order chi connectivity index (χ0) is 28.0. The molecule has 5 aliphatic rings. The summed E-state index contributed by atoms with van der Waals surface area (Å²) in [5.41, 5.74) is 6.86. The molecule has 1 aromatic carbocycles. The number of hydrogen-bond donors (Lipinski definition) is 1. The molecule has 5 unspecified atom stereocenters. The molecule has 3 saturated carbocycles. The molecule has 1 saturated heterocycles. The minimum Gasteiger partial charge on any atom is -0.393 e. The van der Waals surface area contributed by atoms with E-state index in [9.17, 15) is 10.0 Å². The first-order valence-electron chi connectivity index (χ1n) is 15.1. The highest BCUT2D eigenvalue weighted by Crippen LogP contribution is 2.64. The molecule has 0 amide bonds. The number of nitroso groups, excluding NO2 is 1. The number of fused-ring (bicyclic) bond motifs is 4. The van der Waals surface area contributed by atoms with E-state index in [-0.39, 0.29) is 30.1 Å². The minimum absolute atomic E-state index is 0.0615. The molecule has 1 aromatic rings. The Kier molecular flexibility index (Phi) is 7.54. The summed E-state index contributed by atoms with van der Waals surface area (Å²) >= 11 is 0. The first-order chi connectivity index (χ1) is 19.2. The van der Waals surface area contributed by atoms with Gasteiger partial charge in [-0.25, -0.2) is 0 Å². The van der Waals surface area contributed by atoms with Crippen LogP contribution in [0.1, 0.15) is 82.8 Å². The van der Waals surface area contributed by atoms with E-state index in [0.717, 1.165) is 63.7 Å². The van der Waals surface area contributed by atoms with Crippen molar-refractivity contribution in [3.05, 3.63) is 63.1 Å². The molecule has 4 aliphatic carbocycles. The highest BCUT2D eigenvalue weighted by molar-refractivity contribution is 5.50. The van der Waals surface area contributed by atoms with E-state index in [1.807, 2.05) is 0 Å². The molecule has 6 rings (SSSR count). The summed E-state index contributed by atoms with van der Waals surface area (Å²) in [5.74, 6) is 7.02. The smallest absolute Gasteiger partial charge is 0.172 e. The van der Waals surface area contributed by atoms with Crippen molar-refractivity contribution in [1.82, 2.24) is 0 Å². The second-order valence-electron chi connectivity index (χ2n) is 13.6. The lowest BCUT2D eigenvalue weighted by atomic mass is 9.53. The number of benzene rings is 1. The van der Waals surface area contributed by atoms with Crippen molar-refractivity contribution in [2.45, 2.75) is 83.5 Å². The normalized spacial score (nSPS) is 33.8. The number of allylic oxidation sites excluding steroid dienone is 3. The van der Waals surface area contributed by atoms with Gasteiger partial charge in [-0.2, -0.15) is 4.91 Å². The quantitative estimate of drug-likeness (QED) is 0.268. The molecule has 1 spiro atoms. The number of aliphatic hydroxyl groups is 1. The second-order valence-corrected chi connectivity index (χ2v) is 13.6. The molecular weight excluding hydrogens is 502 g/mol. The van der Waals surface area contributed by atoms with Crippen LogP contribution in [0.25, 0.3) is 0 Å². The Hall–Kier alpha value is -2.30. The number of ether oxygens (including phenoxy) is 3. The fraction of sp³-hybridized carbons (Fsp3) is 0.647. The monoisotopic (exact) mass is 545 g/mol. The van der Waals surface area contributed by atoms with Gasteiger partial charge in [-0.05, 0) is 78.2 Å². The van der Waals surface area contributed by atoms with Gasteiger partial charge in [0.05, 0.1) is 25.9 Å². The minimum atomic E-state index is -0.478. The Morgan fingerprint density at radius 2 is 1.90 bits per heavy atom. The topological polar surface area (TPSA) is 77.4 Å². The van der Waals surface area contributed by atoms with E-state index in [2.05, 4.69) is 68.1 Å². The van der Waals surface area contributed by atoms with Crippen LogP contribution in [0.4, 0.5) is 0 Å². The molecule has 6 heteroatoms. The Morgan fingerprint density at radius 1 is 1.12 bits per heavy atom. The van der Waals surface area contributed by atoms with Crippen molar-refractivity contribution >= 4 is 0 Å². The standard InChI is InChI=1S/C34H43NO5/c1-32(2)21-39-34(40-22-32)15-14-26-25(19-34)10-11-27-29-12-13-30(36)33(29,3)20-28(31(26)27)24-8-6-23(7-9-24)5-4-17-38-18-16-35-37/h6-10,27-30,36H,11-22H2,1-3H3. The fourth-order valence-electron chi connectivity index (χ4n) is 8.14. The van der Waals surface area contributed by atoms with Gasteiger partial charge >= 0.3 is 0 Å².